The Hall–Kier alpha value is -1.55. The Balaban J connectivity index is 2.46. The predicted octanol–water partition coefficient (Wildman–Crippen LogP) is 2.13. The van der Waals surface area contributed by atoms with Crippen molar-refractivity contribution >= 4 is 6.03 Å². The highest BCUT2D eigenvalue weighted by molar-refractivity contribution is 5.74. The lowest BCUT2D eigenvalue weighted by molar-refractivity contribution is 0.228. The van der Waals surface area contributed by atoms with Crippen molar-refractivity contribution < 1.29 is 9.90 Å². The second kappa shape index (κ2) is 7.01. The van der Waals surface area contributed by atoms with Gasteiger partial charge in [-0.15, -0.1) is 0 Å². The van der Waals surface area contributed by atoms with E-state index in [1.54, 1.807) is 0 Å². The first-order chi connectivity index (χ1) is 8.52. The first-order valence-corrected chi connectivity index (χ1v) is 6.27. The number of aryl methyl sites for hydroxylation is 1. The van der Waals surface area contributed by atoms with Gasteiger partial charge < -0.3 is 15.7 Å². The second-order valence-corrected chi connectivity index (χ2v) is 4.66. The van der Waals surface area contributed by atoms with Crippen LogP contribution in [0.15, 0.2) is 24.3 Å². The summed E-state index contributed by atoms with van der Waals surface area (Å²) in [5, 5.41) is 14.4. The highest BCUT2D eigenvalue weighted by Crippen LogP contribution is 2.12. The Morgan fingerprint density at radius 1 is 1.22 bits per heavy atom. The number of amides is 2. The maximum Gasteiger partial charge on any atom is 0.315 e. The molecule has 1 aromatic carbocycles. The van der Waals surface area contributed by atoms with Crippen LogP contribution in [0.4, 0.5) is 4.79 Å². The third-order valence-corrected chi connectivity index (χ3v) is 2.86. The van der Waals surface area contributed by atoms with Gasteiger partial charge in [0.15, 0.2) is 0 Å². The Bertz CT molecular complexity index is 376. The monoisotopic (exact) mass is 250 g/mol. The van der Waals surface area contributed by atoms with Gasteiger partial charge in [-0.05, 0) is 32.8 Å². The van der Waals surface area contributed by atoms with Gasteiger partial charge in [-0.1, -0.05) is 29.8 Å². The molecule has 4 heteroatoms. The third-order valence-electron chi connectivity index (χ3n) is 2.86. The summed E-state index contributed by atoms with van der Waals surface area (Å²) < 4.78 is 0. The van der Waals surface area contributed by atoms with E-state index in [9.17, 15) is 4.79 Å². The van der Waals surface area contributed by atoms with Gasteiger partial charge in [0.05, 0.1) is 6.04 Å². The lowest BCUT2D eigenvalue weighted by Crippen LogP contribution is -2.42. The number of aliphatic hydroxyl groups excluding tert-OH is 1. The molecule has 1 rings (SSSR count). The molecule has 3 N–H and O–H groups in total. The first kappa shape index (κ1) is 14.5. The van der Waals surface area contributed by atoms with Gasteiger partial charge in [-0.3, -0.25) is 0 Å². The van der Waals surface area contributed by atoms with E-state index in [-0.39, 0.29) is 24.7 Å². The zero-order chi connectivity index (χ0) is 13.5. The van der Waals surface area contributed by atoms with Crippen molar-refractivity contribution in [3.63, 3.8) is 0 Å². The molecule has 0 saturated carbocycles. The zero-order valence-corrected chi connectivity index (χ0v) is 11.2. The molecule has 0 aliphatic rings. The van der Waals surface area contributed by atoms with Crippen LogP contribution in [0.5, 0.6) is 0 Å². The Morgan fingerprint density at radius 2 is 1.83 bits per heavy atom. The molecule has 0 aliphatic heterocycles. The van der Waals surface area contributed by atoms with E-state index < -0.39 is 0 Å². The number of rotatable bonds is 5. The Kier molecular flexibility index (Phi) is 5.65. The van der Waals surface area contributed by atoms with Gasteiger partial charge in [-0.2, -0.15) is 0 Å². The van der Waals surface area contributed by atoms with E-state index in [4.69, 9.17) is 5.11 Å². The zero-order valence-electron chi connectivity index (χ0n) is 11.2. The molecule has 0 saturated heterocycles. The first-order valence-electron chi connectivity index (χ1n) is 6.27. The fourth-order valence-corrected chi connectivity index (χ4v) is 1.67. The summed E-state index contributed by atoms with van der Waals surface area (Å²) in [7, 11) is 0. The molecule has 0 heterocycles. The van der Waals surface area contributed by atoms with Gasteiger partial charge >= 0.3 is 6.03 Å². The van der Waals surface area contributed by atoms with Gasteiger partial charge in [0, 0.05) is 12.6 Å². The summed E-state index contributed by atoms with van der Waals surface area (Å²) in [6, 6.07) is 7.81. The van der Waals surface area contributed by atoms with E-state index in [0.717, 1.165) is 5.56 Å². The molecule has 100 valence electrons. The number of hydrogen-bond donors (Lipinski definition) is 3. The Labute approximate surface area is 108 Å². The number of hydrogen-bond acceptors (Lipinski definition) is 2. The highest BCUT2D eigenvalue weighted by atomic mass is 16.3. The lowest BCUT2D eigenvalue weighted by Gasteiger charge is -2.18. The summed E-state index contributed by atoms with van der Waals surface area (Å²) in [6.45, 7) is 5.92. The summed E-state index contributed by atoms with van der Waals surface area (Å²) in [5.41, 5.74) is 2.28. The predicted molar refractivity (Wildman–Crippen MR) is 72.4 cm³/mol. The molecule has 0 aromatic heterocycles. The lowest BCUT2D eigenvalue weighted by atomic mass is 10.1. The van der Waals surface area contributed by atoms with Gasteiger partial charge in [-0.25, -0.2) is 4.79 Å². The molecule has 1 unspecified atom stereocenters. The maximum atomic E-state index is 11.7. The summed E-state index contributed by atoms with van der Waals surface area (Å²) in [4.78, 5) is 11.7. The quantitative estimate of drug-likeness (QED) is 0.749. The van der Waals surface area contributed by atoms with Gasteiger partial charge in [0.25, 0.3) is 0 Å². The molecule has 0 bridgehead atoms. The second-order valence-electron chi connectivity index (χ2n) is 4.66. The van der Waals surface area contributed by atoms with Crippen LogP contribution in [-0.2, 0) is 0 Å². The van der Waals surface area contributed by atoms with E-state index in [1.807, 2.05) is 45.0 Å². The largest absolute Gasteiger partial charge is 0.396 e. The number of carbonyl (C=O) groups is 1. The molecular formula is C14H22N2O2. The molecule has 0 aliphatic carbocycles. The molecule has 4 nitrogen and oxygen atoms in total. The average molecular weight is 250 g/mol. The number of benzene rings is 1. The van der Waals surface area contributed by atoms with Crippen LogP contribution in [0, 0.1) is 6.92 Å². The molecule has 18 heavy (non-hydrogen) atoms. The van der Waals surface area contributed by atoms with Crippen LogP contribution in [0.3, 0.4) is 0 Å². The van der Waals surface area contributed by atoms with Gasteiger partial charge in [0.2, 0.25) is 0 Å². The van der Waals surface area contributed by atoms with Crippen molar-refractivity contribution in [2.45, 2.75) is 39.3 Å². The normalized spacial score (nSPS) is 13.8. The fraction of sp³-hybridized carbons (Fsp3) is 0.500. The summed E-state index contributed by atoms with van der Waals surface area (Å²) in [6.07, 6.45) is 0.562. The van der Waals surface area contributed by atoms with Crippen LogP contribution < -0.4 is 10.6 Å². The molecule has 2 atom stereocenters. The van der Waals surface area contributed by atoms with Crippen molar-refractivity contribution in [1.29, 1.82) is 0 Å². The van der Waals surface area contributed by atoms with Crippen LogP contribution in [0.2, 0.25) is 0 Å². The topological polar surface area (TPSA) is 61.4 Å². The third kappa shape index (κ3) is 4.75. The minimum Gasteiger partial charge on any atom is -0.396 e. The minimum absolute atomic E-state index is 0.0276. The molecular weight excluding hydrogens is 228 g/mol. The molecule has 2 amide bonds. The van der Waals surface area contributed by atoms with E-state index in [0.29, 0.717) is 6.42 Å². The van der Waals surface area contributed by atoms with Gasteiger partial charge in [0.1, 0.15) is 0 Å². The molecule has 0 radical (unpaired) electrons. The minimum atomic E-state index is -0.205. The Morgan fingerprint density at radius 3 is 2.39 bits per heavy atom. The average Bonchev–Trinajstić information content (AvgIpc) is 2.29. The van der Waals surface area contributed by atoms with Crippen molar-refractivity contribution in [3.8, 4) is 0 Å². The van der Waals surface area contributed by atoms with Crippen LogP contribution >= 0.6 is 0 Å². The SMILES string of the molecule is Cc1ccc(C(C)NC(=O)N[C@H](C)CCO)cc1. The number of aliphatic hydroxyl groups is 1. The van der Waals surface area contributed by atoms with E-state index in [2.05, 4.69) is 10.6 Å². The molecule has 0 spiro atoms. The standard InChI is InChI=1S/C14H22N2O2/c1-10-4-6-13(7-5-10)12(3)16-14(18)15-11(2)8-9-17/h4-7,11-12,17H,8-9H2,1-3H3,(H2,15,16,18)/t11-,12?/m1/s1. The number of urea groups is 1. The fourth-order valence-electron chi connectivity index (χ4n) is 1.67. The molecule has 1 aromatic rings. The van der Waals surface area contributed by atoms with Crippen molar-refractivity contribution in [1.82, 2.24) is 10.6 Å². The summed E-state index contributed by atoms with van der Waals surface area (Å²) in [5.74, 6) is 0. The van der Waals surface area contributed by atoms with E-state index in [1.165, 1.54) is 5.56 Å². The van der Waals surface area contributed by atoms with Crippen LogP contribution in [0.1, 0.15) is 37.4 Å². The smallest absolute Gasteiger partial charge is 0.315 e. The van der Waals surface area contributed by atoms with Crippen molar-refractivity contribution in [3.05, 3.63) is 35.4 Å². The number of nitrogens with one attached hydrogen (secondary N) is 2. The maximum absolute atomic E-state index is 11.7. The summed E-state index contributed by atoms with van der Waals surface area (Å²) >= 11 is 0. The van der Waals surface area contributed by atoms with Crippen LogP contribution in [0.25, 0.3) is 0 Å². The highest BCUT2D eigenvalue weighted by Gasteiger charge is 2.11. The molecule has 0 fully saturated rings. The number of carbonyl (C=O) groups excluding carboxylic acids is 1. The van der Waals surface area contributed by atoms with Crippen molar-refractivity contribution in [2.24, 2.45) is 0 Å². The van der Waals surface area contributed by atoms with Crippen molar-refractivity contribution in [2.75, 3.05) is 6.61 Å². The van der Waals surface area contributed by atoms with Crippen LogP contribution in [-0.4, -0.2) is 23.8 Å². The van der Waals surface area contributed by atoms with E-state index >= 15 is 0 Å².